The van der Waals surface area contributed by atoms with Gasteiger partial charge in [0, 0.05) is 57.2 Å². The van der Waals surface area contributed by atoms with Gasteiger partial charge in [-0.05, 0) is 55.3 Å². The second-order valence-corrected chi connectivity index (χ2v) is 7.81. The molecule has 29 heavy (non-hydrogen) atoms. The number of rotatable bonds is 5. The fourth-order valence-corrected chi connectivity index (χ4v) is 3.58. The number of hydrogen-bond acceptors (Lipinski definition) is 4. The zero-order valence-electron chi connectivity index (χ0n) is 17.7. The van der Waals surface area contributed by atoms with Crippen LogP contribution in [0.3, 0.4) is 0 Å². The summed E-state index contributed by atoms with van der Waals surface area (Å²) in [5.74, 6) is -0.0820. The van der Waals surface area contributed by atoms with Crippen molar-refractivity contribution >= 4 is 23.2 Å². The van der Waals surface area contributed by atoms with Gasteiger partial charge in [0.15, 0.2) is 0 Å². The van der Waals surface area contributed by atoms with Gasteiger partial charge < -0.3 is 15.1 Å². The van der Waals surface area contributed by atoms with E-state index in [1.165, 1.54) is 21.7 Å². The number of nitrogens with zero attached hydrogens (tertiary/aromatic N) is 3. The summed E-state index contributed by atoms with van der Waals surface area (Å²) in [6.07, 6.45) is 0. The maximum Gasteiger partial charge on any atom is 0.253 e. The lowest BCUT2D eigenvalue weighted by Crippen LogP contribution is -2.48. The van der Waals surface area contributed by atoms with E-state index in [1.807, 2.05) is 0 Å². The number of anilines is 2. The summed E-state index contributed by atoms with van der Waals surface area (Å²) in [4.78, 5) is 30.5. The van der Waals surface area contributed by atoms with E-state index in [0.717, 1.165) is 26.2 Å². The van der Waals surface area contributed by atoms with Crippen molar-refractivity contribution in [1.29, 1.82) is 0 Å². The minimum absolute atomic E-state index is 0.0307. The largest absolute Gasteiger partial charge is 0.369 e. The first kappa shape index (κ1) is 20.9. The van der Waals surface area contributed by atoms with E-state index >= 15 is 0 Å². The van der Waals surface area contributed by atoms with E-state index in [2.05, 4.69) is 47.2 Å². The Morgan fingerprint density at radius 1 is 0.966 bits per heavy atom. The third kappa shape index (κ3) is 5.15. The van der Waals surface area contributed by atoms with Gasteiger partial charge in [-0.15, -0.1) is 0 Å². The van der Waals surface area contributed by atoms with Crippen molar-refractivity contribution in [2.75, 3.05) is 57.0 Å². The molecular weight excluding hydrogens is 364 g/mol. The highest BCUT2D eigenvalue weighted by Crippen LogP contribution is 2.23. The van der Waals surface area contributed by atoms with Crippen LogP contribution in [0.1, 0.15) is 21.5 Å². The number of carbonyl (C=O) groups is 2. The van der Waals surface area contributed by atoms with Crippen LogP contribution in [0.5, 0.6) is 0 Å². The summed E-state index contributed by atoms with van der Waals surface area (Å²) < 4.78 is 0. The van der Waals surface area contributed by atoms with Crippen LogP contribution < -0.4 is 10.2 Å². The highest BCUT2D eigenvalue weighted by atomic mass is 16.2. The quantitative estimate of drug-likeness (QED) is 0.847. The van der Waals surface area contributed by atoms with Crippen LogP contribution >= 0.6 is 0 Å². The summed E-state index contributed by atoms with van der Waals surface area (Å²) in [5, 5.41) is 2.92. The number of piperazine rings is 1. The summed E-state index contributed by atoms with van der Waals surface area (Å²) in [7, 11) is 3.44. The first-order chi connectivity index (χ1) is 13.8. The van der Waals surface area contributed by atoms with Crippen molar-refractivity contribution in [2.45, 2.75) is 13.8 Å². The van der Waals surface area contributed by atoms with Crippen molar-refractivity contribution in [1.82, 2.24) is 9.80 Å². The van der Waals surface area contributed by atoms with Crippen molar-refractivity contribution in [3.63, 3.8) is 0 Å². The van der Waals surface area contributed by atoms with Gasteiger partial charge in [-0.25, -0.2) is 0 Å². The van der Waals surface area contributed by atoms with Crippen LogP contribution in [-0.4, -0.2) is 68.4 Å². The van der Waals surface area contributed by atoms with Crippen LogP contribution in [-0.2, 0) is 4.79 Å². The fourth-order valence-electron chi connectivity index (χ4n) is 3.58. The first-order valence-electron chi connectivity index (χ1n) is 10.00. The maximum atomic E-state index is 12.4. The van der Waals surface area contributed by atoms with Crippen LogP contribution in [0.4, 0.5) is 11.4 Å². The molecule has 0 bridgehead atoms. The molecule has 0 aromatic heterocycles. The minimum Gasteiger partial charge on any atom is -0.369 e. The van der Waals surface area contributed by atoms with Gasteiger partial charge in [-0.1, -0.05) is 12.1 Å². The molecule has 0 saturated carbocycles. The third-order valence-corrected chi connectivity index (χ3v) is 5.48. The van der Waals surface area contributed by atoms with E-state index in [1.54, 1.807) is 38.4 Å². The standard InChI is InChI=1S/C23H30N4O2/c1-17-6-5-7-21(18(17)2)27-14-12-26(13-15-27)16-22(28)24-20-10-8-19(9-11-20)23(29)25(3)4/h5-11H,12-16H2,1-4H3,(H,24,28). The Labute approximate surface area is 173 Å². The number of nitrogens with one attached hydrogen (secondary N) is 1. The van der Waals surface area contributed by atoms with Crippen molar-refractivity contribution in [3.05, 3.63) is 59.2 Å². The maximum absolute atomic E-state index is 12.4. The molecule has 1 heterocycles. The smallest absolute Gasteiger partial charge is 0.253 e. The Balaban J connectivity index is 1.50. The van der Waals surface area contributed by atoms with Gasteiger partial charge in [0.2, 0.25) is 5.91 Å². The number of amides is 2. The minimum atomic E-state index is -0.0513. The molecule has 1 N–H and O–H groups in total. The number of hydrogen-bond donors (Lipinski definition) is 1. The van der Waals surface area contributed by atoms with E-state index in [9.17, 15) is 9.59 Å². The molecule has 2 aromatic carbocycles. The molecule has 154 valence electrons. The van der Waals surface area contributed by atoms with Crippen LogP contribution in [0.15, 0.2) is 42.5 Å². The molecule has 3 rings (SSSR count). The predicted octanol–water partition coefficient (Wildman–Crippen LogP) is 2.77. The predicted molar refractivity (Wildman–Crippen MR) is 118 cm³/mol. The highest BCUT2D eigenvalue weighted by molar-refractivity contribution is 5.96. The average molecular weight is 395 g/mol. The Morgan fingerprint density at radius 3 is 2.24 bits per heavy atom. The molecule has 2 aromatic rings. The van der Waals surface area contributed by atoms with Gasteiger partial charge in [0.05, 0.1) is 6.54 Å². The molecule has 6 heteroatoms. The molecule has 0 radical (unpaired) electrons. The topological polar surface area (TPSA) is 55.9 Å². The van der Waals surface area contributed by atoms with Gasteiger partial charge in [-0.2, -0.15) is 0 Å². The van der Waals surface area contributed by atoms with Crippen molar-refractivity contribution in [3.8, 4) is 0 Å². The summed E-state index contributed by atoms with van der Waals surface area (Å²) in [6.45, 7) is 8.23. The molecule has 1 fully saturated rings. The number of benzene rings is 2. The Bertz CT molecular complexity index is 869. The molecule has 0 aliphatic carbocycles. The highest BCUT2D eigenvalue weighted by Gasteiger charge is 2.20. The van der Waals surface area contributed by atoms with Crippen molar-refractivity contribution < 1.29 is 9.59 Å². The lowest BCUT2D eigenvalue weighted by atomic mass is 10.1. The zero-order chi connectivity index (χ0) is 21.0. The van der Waals surface area contributed by atoms with Crippen LogP contribution in [0.25, 0.3) is 0 Å². The van der Waals surface area contributed by atoms with Gasteiger partial charge in [0.25, 0.3) is 5.91 Å². The summed E-state index contributed by atoms with van der Waals surface area (Å²) in [6, 6.07) is 13.4. The van der Waals surface area contributed by atoms with E-state index in [4.69, 9.17) is 0 Å². The molecule has 6 nitrogen and oxygen atoms in total. The molecule has 1 aliphatic rings. The van der Waals surface area contributed by atoms with Crippen LogP contribution in [0, 0.1) is 13.8 Å². The zero-order valence-corrected chi connectivity index (χ0v) is 17.7. The van der Waals surface area contributed by atoms with Gasteiger partial charge in [-0.3, -0.25) is 14.5 Å². The molecule has 0 atom stereocenters. The van der Waals surface area contributed by atoms with Gasteiger partial charge >= 0.3 is 0 Å². The normalized spacial score (nSPS) is 14.6. The fraction of sp³-hybridized carbons (Fsp3) is 0.391. The Kier molecular flexibility index (Phi) is 6.54. The van der Waals surface area contributed by atoms with Gasteiger partial charge in [0.1, 0.15) is 0 Å². The molecule has 2 amide bonds. The lowest BCUT2D eigenvalue weighted by Gasteiger charge is -2.36. The average Bonchev–Trinajstić information content (AvgIpc) is 2.70. The summed E-state index contributed by atoms with van der Waals surface area (Å²) in [5.41, 5.74) is 5.24. The van der Waals surface area contributed by atoms with E-state index in [-0.39, 0.29) is 11.8 Å². The molecule has 1 saturated heterocycles. The molecule has 0 unspecified atom stereocenters. The molecule has 0 spiro atoms. The number of aryl methyl sites for hydroxylation is 1. The van der Waals surface area contributed by atoms with Crippen molar-refractivity contribution in [2.24, 2.45) is 0 Å². The molecular formula is C23H30N4O2. The van der Waals surface area contributed by atoms with Crippen LogP contribution in [0.2, 0.25) is 0 Å². The van der Waals surface area contributed by atoms with E-state index < -0.39 is 0 Å². The Morgan fingerprint density at radius 2 is 1.62 bits per heavy atom. The first-order valence-corrected chi connectivity index (χ1v) is 10.00. The second-order valence-electron chi connectivity index (χ2n) is 7.81. The second kappa shape index (κ2) is 9.09. The van der Waals surface area contributed by atoms with E-state index in [0.29, 0.717) is 17.8 Å². The lowest BCUT2D eigenvalue weighted by molar-refractivity contribution is -0.117. The molecule has 1 aliphatic heterocycles. The SMILES string of the molecule is Cc1cccc(N2CCN(CC(=O)Nc3ccc(C(=O)N(C)C)cc3)CC2)c1C. The third-order valence-electron chi connectivity index (χ3n) is 5.48. The monoisotopic (exact) mass is 394 g/mol. The number of carbonyl (C=O) groups excluding carboxylic acids is 2. The summed E-state index contributed by atoms with van der Waals surface area (Å²) >= 11 is 0. The Hall–Kier alpha value is -2.86.